The first-order chi connectivity index (χ1) is 18.3. The third kappa shape index (κ3) is 2.77. The number of methoxy groups -OCH3 is 1. The number of quaternary nitrogens is 2. The summed E-state index contributed by atoms with van der Waals surface area (Å²) in [5, 5.41) is 3.18. The zero-order valence-corrected chi connectivity index (χ0v) is 25.5. The maximum absolute atomic E-state index is 13.6. The number of carbonyl (C=O) groups excluding carboxylic acids is 1. The van der Waals surface area contributed by atoms with Crippen molar-refractivity contribution in [3.05, 3.63) is 57.3 Å². The van der Waals surface area contributed by atoms with Crippen molar-refractivity contribution in [1.82, 2.24) is 9.16 Å². The molecule has 4 aliphatic heterocycles. The highest BCUT2D eigenvalue weighted by Crippen LogP contribution is 2.60. The van der Waals surface area contributed by atoms with Crippen molar-refractivity contribution < 1.29 is 18.9 Å². The van der Waals surface area contributed by atoms with Gasteiger partial charge >= 0.3 is 0 Å². The zero-order chi connectivity index (χ0) is 26.2. The number of allylic oxidation sites excluding steroid dienone is 3. The minimum absolute atomic E-state index is 0. The van der Waals surface area contributed by atoms with Gasteiger partial charge in [0.15, 0.2) is 17.1 Å². The Balaban J connectivity index is 0.00000253. The normalized spacial score (nSPS) is 31.8. The summed E-state index contributed by atoms with van der Waals surface area (Å²) in [7, 11) is 6.46. The number of benzene rings is 1. The molecule has 1 fully saturated rings. The molecular formula is C31H35IN4O3+2. The van der Waals surface area contributed by atoms with E-state index in [1.54, 1.807) is 0 Å². The van der Waals surface area contributed by atoms with E-state index >= 15 is 0 Å². The molecule has 6 aliphatic rings. The zero-order valence-electron chi connectivity index (χ0n) is 23.2. The Labute approximate surface area is 245 Å². The number of Topliss-reactive ketones (excluding diaryl/α,β-unsaturated/α-hetero) is 1. The van der Waals surface area contributed by atoms with Crippen molar-refractivity contribution in [2.24, 2.45) is 4.99 Å². The second-order valence-corrected chi connectivity index (χ2v) is 12.1. The molecule has 0 unspecified atom stereocenters. The Kier molecular flexibility index (Phi) is 5.31. The van der Waals surface area contributed by atoms with Gasteiger partial charge in [0.05, 0.1) is 29.2 Å². The number of rotatable bonds is 3. The van der Waals surface area contributed by atoms with Crippen molar-refractivity contribution in [2.75, 3.05) is 27.7 Å². The number of carbonyl (C=O) groups is 1. The van der Waals surface area contributed by atoms with E-state index in [1.165, 1.54) is 22.5 Å². The lowest BCUT2D eigenvalue weighted by molar-refractivity contribution is -0.992. The topological polar surface area (TPSA) is 52.8 Å². The first-order valence-corrected chi connectivity index (χ1v) is 13.8. The molecule has 0 saturated carbocycles. The fourth-order valence-electron chi connectivity index (χ4n) is 8.32. The van der Waals surface area contributed by atoms with Crippen molar-refractivity contribution in [3.8, 4) is 0 Å². The van der Waals surface area contributed by atoms with E-state index in [9.17, 15) is 4.79 Å². The van der Waals surface area contributed by atoms with Crippen LogP contribution in [0.5, 0.6) is 0 Å². The third-order valence-corrected chi connectivity index (χ3v) is 10.0. The summed E-state index contributed by atoms with van der Waals surface area (Å²) in [5.74, 6) is 0.230. The molecule has 1 saturated heterocycles. The van der Waals surface area contributed by atoms with Crippen LogP contribution in [0, 0.1) is 0 Å². The molecule has 2 aromatic rings. The van der Waals surface area contributed by atoms with Crippen LogP contribution in [-0.2, 0) is 16.0 Å². The van der Waals surface area contributed by atoms with E-state index < -0.39 is 5.60 Å². The average Bonchev–Trinajstić information content (AvgIpc) is 3.56. The van der Waals surface area contributed by atoms with Gasteiger partial charge in [-0.1, -0.05) is 22.8 Å². The summed E-state index contributed by atoms with van der Waals surface area (Å²) < 4.78 is 17.1. The van der Waals surface area contributed by atoms with E-state index in [2.05, 4.69) is 67.9 Å². The van der Waals surface area contributed by atoms with Crippen LogP contribution < -0.4 is 15.2 Å². The molecule has 5 heterocycles. The Morgan fingerprint density at radius 1 is 1.31 bits per heavy atom. The number of nitrogens with zero attached hydrogens (tertiary/aromatic N) is 4. The predicted octanol–water partition coefficient (Wildman–Crippen LogP) is 3.89. The van der Waals surface area contributed by atoms with Crippen LogP contribution in [0.4, 0.5) is 5.69 Å². The monoisotopic (exact) mass is 638 g/mol. The van der Waals surface area contributed by atoms with E-state index in [-0.39, 0.29) is 42.1 Å². The first kappa shape index (κ1) is 25.6. The van der Waals surface area contributed by atoms with Gasteiger partial charge in [-0.05, 0) is 32.4 Å². The van der Waals surface area contributed by atoms with E-state index in [0.717, 1.165) is 52.0 Å². The molecular weight excluding hydrogens is 603 g/mol. The third-order valence-electron chi connectivity index (χ3n) is 10.0. The fourth-order valence-corrected chi connectivity index (χ4v) is 8.32. The predicted molar refractivity (Wildman–Crippen MR) is 165 cm³/mol. The molecule has 0 N–H and O–H groups in total. The summed E-state index contributed by atoms with van der Waals surface area (Å²) in [4.78, 5) is 18.3. The Morgan fingerprint density at radius 2 is 2.13 bits per heavy atom. The summed E-state index contributed by atoms with van der Waals surface area (Å²) >= 11 is 0. The number of aliphatic imine (C=N–C) groups is 1. The van der Waals surface area contributed by atoms with Gasteiger partial charge in [0.25, 0.3) is 6.23 Å². The van der Waals surface area contributed by atoms with Crippen LogP contribution in [0.1, 0.15) is 54.6 Å². The molecule has 1 aromatic heterocycles. The molecule has 1 aromatic carbocycles. The van der Waals surface area contributed by atoms with Crippen LogP contribution in [-0.4, -0.2) is 66.8 Å². The number of hydrogen-bond donors (Lipinski definition) is 0. The quantitative estimate of drug-likeness (QED) is 0.292. The SMILES string of the molecule is CC[N+](C)(C)[N@@+]12C3=C4C=C[C@@H](C3)O[C@](C)(/C=C\Cn3c5c(c6c7c(c4c1c63)C=NC=7)C(=O)CCC=5)[C@@H]2OC.I. The number of fused-ring (bicyclic) bond motifs is 9. The van der Waals surface area contributed by atoms with E-state index in [1.807, 2.05) is 19.5 Å². The van der Waals surface area contributed by atoms with Crippen LogP contribution in [0.2, 0.25) is 0 Å². The second kappa shape index (κ2) is 8.10. The number of aromatic nitrogens is 1. The lowest BCUT2D eigenvalue weighted by Gasteiger charge is -2.52. The highest BCUT2D eigenvalue weighted by molar-refractivity contribution is 14.0. The van der Waals surface area contributed by atoms with E-state index in [4.69, 9.17) is 9.47 Å². The Bertz CT molecular complexity index is 1760. The fraction of sp³-hybridized carbons (Fsp3) is 0.419. The maximum Gasteiger partial charge on any atom is 0.279 e. The van der Waals surface area contributed by atoms with Gasteiger partial charge in [-0.25, -0.2) is 0 Å². The second-order valence-electron chi connectivity index (χ2n) is 12.1. The maximum atomic E-state index is 13.6. The lowest BCUT2D eigenvalue weighted by Crippen LogP contribution is -2.77. The minimum atomic E-state index is -0.678. The van der Waals surface area contributed by atoms with Gasteiger partial charge < -0.3 is 14.0 Å². The highest BCUT2D eigenvalue weighted by atomic mass is 127. The molecule has 0 radical (unpaired) electrons. The lowest BCUT2D eigenvalue weighted by atomic mass is 9.90. The summed E-state index contributed by atoms with van der Waals surface area (Å²) in [6.07, 6.45) is 16.9. The van der Waals surface area contributed by atoms with Crippen molar-refractivity contribution in [2.45, 2.75) is 57.6 Å². The van der Waals surface area contributed by atoms with Crippen molar-refractivity contribution in [3.63, 3.8) is 0 Å². The van der Waals surface area contributed by atoms with Gasteiger partial charge in [0.2, 0.25) is 5.69 Å². The molecule has 4 atom stereocenters. The highest BCUT2D eigenvalue weighted by Gasteiger charge is 2.70. The van der Waals surface area contributed by atoms with Crippen molar-refractivity contribution >= 4 is 70.4 Å². The number of ketones is 1. The van der Waals surface area contributed by atoms with Gasteiger partial charge in [-0.2, -0.15) is 4.59 Å². The number of ether oxygens (including phenoxy) is 2. The van der Waals surface area contributed by atoms with E-state index in [0.29, 0.717) is 22.1 Å². The van der Waals surface area contributed by atoms with Crippen LogP contribution in [0.15, 0.2) is 35.0 Å². The molecule has 7 nitrogen and oxygen atoms in total. The molecule has 39 heavy (non-hydrogen) atoms. The number of halogens is 1. The standard InChI is InChI=1S/C31H34N4O3.HI/c1-6-34(3,4)35-23-15-18-11-12-19(23)25-20-16-32-17-21(20)26-27-22(9-7-10-24(27)36)33(28(26)29(25)35)14-8-13-31(2,38-18)30(35)37-5;/h8-9,11-13,16-18,30H,6-7,10,14-15H2,1-5H3;1H/q+2;/b13-8-;/t18-,30-,31+,35-;/m0./s1. The molecule has 8 heteroatoms. The summed E-state index contributed by atoms with van der Waals surface area (Å²) in [6.45, 7) is 5.99. The van der Waals surface area contributed by atoms with Gasteiger partial charge in [0.1, 0.15) is 26.2 Å². The van der Waals surface area contributed by atoms with Gasteiger partial charge in [0, 0.05) is 54.0 Å². The Hall–Kier alpha value is -2.37. The summed E-state index contributed by atoms with van der Waals surface area (Å²) in [6, 6.07) is 0. The van der Waals surface area contributed by atoms with Gasteiger partial charge in [-0.3, -0.25) is 9.79 Å². The van der Waals surface area contributed by atoms with Crippen LogP contribution in [0.3, 0.4) is 0 Å². The van der Waals surface area contributed by atoms with Crippen molar-refractivity contribution in [1.29, 1.82) is 0 Å². The number of hydrogen-bond acceptors (Lipinski definition) is 4. The largest absolute Gasteiger partial charge is 0.354 e. The van der Waals surface area contributed by atoms with Gasteiger partial charge in [-0.15, -0.1) is 24.0 Å². The average molecular weight is 639 g/mol. The minimum Gasteiger partial charge on any atom is -0.354 e. The Morgan fingerprint density at radius 3 is 2.90 bits per heavy atom. The molecule has 8 rings (SSSR count). The molecule has 4 bridgehead atoms. The molecule has 202 valence electrons. The van der Waals surface area contributed by atoms with Crippen LogP contribution >= 0.6 is 24.0 Å². The molecule has 0 amide bonds. The van der Waals surface area contributed by atoms with Crippen LogP contribution in [0.25, 0.3) is 28.8 Å². The summed E-state index contributed by atoms with van der Waals surface area (Å²) in [5.41, 5.74) is 7.52. The molecule has 2 aliphatic carbocycles. The molecule has 0 spiro atoms. The smallest absolute Gasteiger partial charge is 0.279 e. The first-order valence-electron chi connectivity index (χ1n) is 13.8.